The number of nitrogens with one attached hydrogen (secondary N) is 2. The van der Waals surface area contributed by atoms with Gasteiger partial charge in [-0.15, -0.1) is 11.6 Å². The van der Waals surface area contributed by atoms with Crippen LogP contribution in [0.2, 0.25) is 0 Å². The lowest BCUT2D eigenvalue weighted by Crippen LogP contribution is -2.46. The summed E-state index contributed by atoms with van der Waals surface area (Å²) in [5.41, 5.74) is 3.30. The van der Waals surface area contributed by atoms with Gasteiger partial charge in [-0.2, -0.15) is 0 Å². The average molecular weight is 476 g/mol. The van der Waals surface area contributed by atoms with E-state index in [9.17, 15) is 14.4 Å². The molecule has 0 saturated carbocycles. The van der Waals surface area contributed by atoms with Crippen molar-refractivity contribution in [2.75, 3.05) is 5.88 Å². The largest absolute Gasteiger partial charge is 0.350 e. The molecule has 174 valence electrons. The van der Waals surface area contributed by atoms with Crippen molar-refractivity contribution in [2.45, 2.75) is 25.4 Å². The number of halogens is 1. The van der Waals surface area contributed by atoms with Crippen molar-refractivity contribution in [3.8, 4) is 11.1 Å². The number of amides is 3. The second-order valence-corrected chi connectivity index (χ2v) is 7.86. The quantitative estimate of drug-likeness (QED) is 0.337. The van der Waals surface area contributed by atoms with Gasteiger partial charge in [0.2, 0.25) is 5.91 Å². The zero-order valence-electron chi connectivity index (χ0n) is 18.6. The van der Waals surface area contributed by atoms with Crippen LogP contribution in [0, 0.1) is 0 Å². The summed E-state index contributed by atoms with van der Waals surface area (Å²) in [6.45, 7) is 0.342. The summed E-state index contributed by atoms with van der Waals surface area (Å²) in [6.07, 6.45) is 2.03. The summed E-state index contributed by atoms with van der Waals surface area (Å²) >= 11 is 5.45. The van der Waals surface area contributed by atoms with E-state index in [2.05, 4.69) is 15.6 Å². The molecule has 0 spiro atoms. The maximum Gasteiger partial charge on any atom is 0.260 e. The van der Waals surface area contributed by atoms with Crippen LogP contribution in [0.4, 0.5) is 0 Å². The van der Waals surface area contributed by atoms with Gasteiger partial charge >= 0.3 is 0 Å². The van der Waals surface area contributed by atoms with Gasteiger partial charge in [0.15, 0.2) is 0 Å². The fraction of sp³-hybridized carbons (Fsp3) is 0.185. The van der Waals surface area contributed by atoms with E-state index in [0.717, 1.165) is 16.7 Å². The smallest absolute Gasteiger partial charge is 0.260 e. The van der Waals surface area contributed by atoms with Gasteiger partial charge < -0.3 is 10.6 Å². The zero-order chi connectivity index (χ0) is 24.2. The third-order valence-corrected chi connectivity index (χ3v) is 5.33. The van der Waals surface area contributed by atoms with Gasteiger partial charge in [-0.3, -0.25) is 14.4 Å². The summed E-state index contributed by atoms with van der Waals surface area (Å²) in [5, 5.41) is 5.69. The zero-order valence-corrected chi connectivity index (χ0v) is 19.4. The van der Waals surface area contributed by atoms with Crippen molar-refractivity contribution in [3.63, 3.8) is 0 Å². The fourth-order valence-corrected chi connectivity index (χ4v) is 3.40. The minimum Gasteiger partial charge on any atom is -0.350 e. The maximum atomic E-state index is 13.0. The molecule has 0 aliphatic carbocycles. The van der Waals surface area contributed by atoms with E-state index >= 15 is 0 Å². The molecule has 3 rings (SSSR count). The van der Waals surface area contributed by atoms with E-state index in [1.807, 2.05) is 72.8 Å². The van der Waals surface area contributed by atoms with Gasteiger partial charge in [-0.1, -0.05) is 72.8 Å². The van der Waals surface area contributed by atoms with Crippen LogP contribution < -0.4 is 10.6 Å². The standard InChI is InChI=1S/C27H26ClN3O3/c28-18-25(32)29-16-8-15-24(27(34)30-19-20-9-3-1-4-10-20)31-26(33)23-14-7-13-22(17-23)21-11-5-2-6-12-21/h1-7,9-14,16-17,24H,8,15,18-19H2,(H,30,34)(H,31,33)/t24-/m0/s1. The highest BCUT2D eigenvalue weighted by Gasteiger charge is 2.21. The molecule has 0 saturated heterocycles. The average Bonchev–Trinajstić information content (AvgIpc) is 2.89. The first-order chi connectivity index (χ1) is 16.6. The molecule has 0 fully saturated rings. The molecule has 0 aliphatic heterocycles. The molecule has 0 aromatic heterocycles. The van der Waals surface area contributed by atoms with Gasteiger partial charge in [0.1, 0.15) is 11.9 Å². The first kappa shape index (κ1) is 24.9. The Morgan fingerprint density at radius 2 is 1.56 bits per heavy atom. The van der Waals surface area contributed by atoms with Crippen LogP contribution in [0.5, 0.6) is 0 Å². The maximum absolute atomic E-state index is 13.0. The molecule has 2 N–H and O–H groups in total. The van der Waals surface area contributed by atoms with Crippen LogP contribution in [0.15, 0.2) is 89.9 Å². The van der Waals surface area contributed by atoms with Crippen molar-refractivity contribution in [1.29, 1.82) is 0 Å². The topological polar surface area (TPSA) is 87.6 Å². The number of rotatable bonds is 10. The van der Waals surface area contributed by atoms with Crippen LogP contribution in [0.1, 0.15) is 28.8 Å². The summed E-state index contributed by atoms with van der Waals surface area (Å²) in [5.74, 6) is -1.32. The van der Waals surface area contributed by atoms with E-state index < -0.39 is 11.9 Å². The number of hydrogen-bond donors (Lipinski definition) is 2. The summed E-state index contributed by atoms with van der Waals surface area (Å²) < 4.78 is 0. The first-order valence-corrected chi connectivity index (χ1v) is 11.5. The minimum absolute atomic E-state index is 0.202. The molecule has 7 heteroatoms. The lowest BCUT2D eigenvalue weighted by molar-refractivity contribution is -0.123. The number of alkyl halides is 1. The Labute approximate surface area is 204 Å². The Bertz CT molecular complexity index is 1130. The van der Waals surface area contributed by atoms with E-state index in [1.165, 1.54) is 6.21 Å². The van der Waals surface area contributed by atoms with Gasteiger partial charge in [0, 0.05) is 18.3 Å². The Hall–Kier alpha value is -3.77. The number of aliphatic imine (C=N–C) groups is 1. The third-order valence-electron chi connectivity index (χ3n) is 5.10. The Morgan fingerprint density at radius 1 is 0.882 bits per heavy atom. The molecule has 0 aliphatic rings. The van der Waals surface area contributed by atoms with Crippen molar-refractivity contribution in [1.82, 2.24) is 10.6 Å². The lowest BCUT2D eigenvalue weighted by Gasteiger charge is -2.18. The van der Waals surface area contributed by atoms with E-state index in [1.54, 1.807) is 12.1 Å². The van der Waals surface area contributed by atoms with E-state index in [4.69, 9.17) is 11.6 Å². The summed E-state index contributed by atoms with van der Waals surface area (Å²) in [7, 11) is 0. The van der Waals surface area contributed by atoms with Crippen molar-refractivity contribution < 1.29 is 14.4 Å². The Morgan fingerprint density at radius 3 is 2.26 bits per heavy atom. The van der Waals surface area contributed by atoms with Gasteiger partial charge in [0.25, 0.3) is 11.8 Å². The second-order valence-electron chi connectivity index (χ2n) is 7.59. The molecule has 3 aromatic rings. The summed E-state index contributed by atoms with van der Waals surface area (Å²) in [4.78, 5) is 40.9. The second kappa shape index (κ2) is 13.1. The molecule has 1 atom stereocenters. The molecule has 0 unspecified atom stereocenters. The normalized spacial score (nSPS) is 11.7. The number of nitrogens with zero attached hydrogens (tertiary/aromatic N) is 1. The molecule has 34 heavy (non-hydrogen) atoms. The van der Waals surface area contributed by atoms with Crippen LogP contribution in [0.25, 0.3) is 11.1 Å². The molecular weight excluding hydrogens is 450 g/mol. The monoisotopic (exact) mass is 475 g/mol. The third kappa shape index (κ3) is 7.67. The van der Waals surface area contributed by atoms with Gasteiger partial charge in [0.05, 0.1) is 0 Å². The van der Waals surface area contributed by atoms with Gasteiger partial charge in [-0.25, -0.2) is 4.99 Å². The lowest BCUT2D eigenvalue weighted by atomic mass is 10.0. The molecule has 3 aromatic carbocycles. The molecule has 0 bridgehead atoms. The number of hydrogen-bond acceptors (Lipinski definition) is 3. The first-order valence-electron chi connectivity index (χ1n) is 11.0. The van der Waals surface area contributed by atoms with Crippen molar-refractivity contribution in [3.05, 3.63) is 96.1 Å². The SMILES string of the molecule is O=C(CCl)N=CCC[C@H](NC(=O)c1cccc(-c2ccccc2)c1)C(=O)NCc1ccccc1. The minimum atomic E-state index is -0.797. The van der Waals surface area contributed by atoms with Gasteiger partial charge in [-0.05, 0) is 41.7 Å². The van der Waals surface area contributed by atoms with Crippen LogP contribution >= 0.6 is 11.6 Å². The Balaban J connectivity index is 1.70. The predicted octanol–water partition coefficient (Wildman–Crippen LogP) is 4.38. The van der Waals surface area contributed by atoms with Crippen LogP contribution in [0.3, 0.4) is 0 Å². The number of benzene rings is 3. The van der Waals surface area contributed by atoms with Crippen molar-refractivity contribution >= 4 is 35.5 Å². The van der Waals surface area contributed by atoms with Crippen molar-refractivity contribution in [2.24, 2.45) is 4.99 Å². The fourth-order valence-electron chi connectivity index (χ4n) is 3.33. The highest BCUT2D eigenvalue weighted by atomic mass is 35.5. The van der Waals surface area contributed by atoms with Crippen LogP contribution in [-0.2, 0) is 16.1 Å². The molecular formula is C27H26ClN3O3. The highest BCUT2D eigenvalue weighted by Crippen LogP contribution is 2.20. The molecule has 0 heterocycles. The molecule has 6 nitrogen and oxygen atoms in total. The summed E-state index contributed by atoms with van der Waals surface area (Å²) in [6, 6.07) is 25.7. The molecule has 3 amide bonds. The van der Waals surface area contributed by atoms with E-state index in [0.29, 0.717) is 18.5 Å². The molecule has 0 radical (unpaired) electrons. The Kier molecular flexibility index (Phi) is 9.55. The van der Waals surface area contributed by atoms with Crippen LogP contribution in [-0.4, -0.2) is 35.9 Å². The predicted molar refractivity (Wildman–Crippen MR) is 135 cm³/mol. The highest BCUT2D eigenvalue weighted by molar-refractivity contribution is 6.27. The van der Waals surface area contributed by atoms with E-state index in [-0.39, 0.29) is 24.1 Å². The number of carbonyl (C=O) groups is 3. The number of carbonyl (C=O) groups excluding carboxylic acids is 3.